The van der Waals surface area contributed by atoms with Gasteiger partial charge in [0.2, 0.25) is 5.82 Å². The van der Waals surface area contributed by atoms with Crippen LogP contribution >= 0.6 is 0 Å². The van der Waals surface area contributed by atoms with Crippen molar-refractivity contribution in [2.24, 2.45) is 0 Å². The largest absolute Gasteiger partial charge is 0.311 e. The molecule has 0 aromatic heterocycles. The summed E-state index contributed by atoms with van der Waals surface area (Å²) >= 11 is 0. The highest BCUT2D eigenvalue weighted by atomic mass is 19.1. The van der Waals surface area contributed by atoms with Crippen LogP contribution in [0.25, 0.3) is 0 Å². The molecule has 1 saturated heterocycles. The molecule has 116 valence electrons. The van der Waals surface area contributed by atoms with Crippen LogP contribution in [0.1, 0.15) is 5.56 Å². The third-order valence-electron chi connectivity index (χ3n) is 3.90. The Kier molecular flexibility index (Phi) is 5.22. The normalized spacial score (nSPS) is 20.6. The molecule has 1 N–H and O–H groups in total. The zero-order valence-electron chi connectivity index (χ0n) is 12.4. The third-order valence-corrected chi connectivity index (χ3v) is 3.90. The van der Waals surface area contributed by atoms with E-state index in [1.54, 1.807) is 6.07 Å². The Bertz CT molecular complexity index is 512. The fraction of sp³-hybridized carbons (Fsp3) is 0.571. The third kappa shape index (κ3) is 4.20. The minimum absolute atomic E-state index is 0.423. The first-order valence-electron chi connectivity index (χ1n) is 6.99. The molecule has 0 aliphatic carbocycles. The van der Waals surface area contributed by atoms with Crippen LogP contribution in [0.15, 0.2) is 18.2 Å². The zero-order valence-corrected chi connectivity index (χ0v) is 12.4. The van der Waals surface area contributed by atoms with E-state index < -0.39 is 16.4 Å². The summed E-state index contributed by atoms with van der Waals surface area (Å²) in [6.07, 6.45) is 0. The molecule has 0 saturated carbocycles. The Morgan fingerprint density at radius 1 is 1.43 bits per heavy atom. The molecule has 1 aromatic rings. The van der Waals surface area contributed by atoms with E-state index >= 15 is 0 Å². The van der Waals surface area contributed by atoms with Gasteiger partial charge in [0, 0.05) is 44.8 Å². The smallest absolute Gasteiger partial charge is 0.304 e. The molecule has 21 heavy (non-hydrogen) atoms. The summed E-state index contributed by atoms with van der Waals surface area (Å²) in [4.78, 5) is 14.4. The molecule has 1 aliphatic heterocycles. The lowest BCUT2D eigenvalue weighted by Gasteiger charge is -2.37. The molecule has 0 bridgehead atoms. The number of nitro benzene ring substituents is 1. The first-order valence-corrected chi connectivity index (χ1v) is 6.99. The van der Waals surface area contributed by atoms with Gasteiger partial charge in [-0.05, 0) is 25.7 Å². The van der Waals surface area contributed by atoms with Crippen molar-refractivity contribution in [3.63, 3.8) is 0 Å². The Morgan fingerprint density at radius 3 is 2.86 bits per heavy atom. The summed E-state index contributed by atoms with van der Waals surface area (Å²) in [5, 5.41) is 13.9. The second-order valence-corrected chi connectivity index (χ2v) is 5.57. The van der Waals surface area contributed by atoms with Crippen LogP contribution < -0.4 is 5.32 Å². The van der Waals surface area contributed by atoms with Crippen LogP contribution in [-0.2, 0) is 6.54 Å². The van der Waals surface area contributed by atoms with E-state index in [4.69, 9.17) is 0 Å². The molecule has 0 amide bonds. The van der Waals surface area contributed by atoms with Gasteiger partial charge in [-0.1, -0.05) is 6.07 Å². The molecule has 1 atom stereocenters. The highest BCUT2D eigenvalue weighted by Crippen LogP contribution is 2.17. The maximum Gasteiger partial charge on any atom is 0.304 e. The number of nitrogens with zero attached hydrogens (tertiary/aromatic N) is 3. The fourth-order valence-electron chi connectivity index (χ4n) is 2.51. The van der Waals surface area contributed by atoms with E-state index in [0.717, 1.165) is 26.2 Å². The highest BCUT2D eigenvalue weighted by molar-refractivity contribution is 5.34. The number of benzene rings is 1. The van der Waals surface area contributed by atoms with Gasteiger partial charge in [0.15, 0.2) is 0 Å². The van der Waals surface area contributed by atoms with E-state index in [2.05, 4.69) is 29.2 Å². The molecular weight excluding hydrogens is 275 g/mol. The van der Waals surface area contributed by atoms with E-state index in [0.29, 0.717) is 18.2 Å². The number of rotatable bonds is 5. The lowest BCUT2D eigenvalue weighted by atomic mass is 10.1. The summed E-state index contributed by atoms with van der Waals surface area (Å²) in [5.41, 5.74) is 0.234. The van der Waals surface area contributed by atoms with Gasteiger partial charge in [0.05, 0.1) is 4.92 Å². The first-order chi connectivity index (χ1) is 9.97. The van der Waals surface area contributed by atoms with E-state index in [1.165, 1.54) is 12.1 Å². The van der Waals surface area contributed by atoms with Crippen molar-refractivity contribution in [3.8, 4) is 0 Å². The molecule has 1 fully saturated rings. The quantitative estimate of drug-likeness (QED) is 0.650. The minimum Gasteiger partial charge on any atom is -0.311 e. The van der Waals surface area contributed by atoms with Crippen LogP contribution in [0.4, 0.5) is 10.1 Å². The second kappa shape index (κ2) is 6.93. The lowest BCUT2D eigenvalue weighted by molar-refractivity contribution is -0.387. The molecule has 1 heterocycles. The van der Waals surface area contributed by atoms with Crippen LogP contribution in [0.5, 0.6) is 0 Å². The predicted molar refractivity (Wildman–Crippen MR) is 78.7 cm³/mol. The lowest BCUT2D eigenvalue weighted by Crippen LogP contribution is -2.53. The van der Waals surface area contributed by atoms with Crippen LogP contribution in [0.3, 0.4) is 0 Å². The van der Waals surface area contributed by atoms with Crippen LogP contribution in [-0.4, -0.2) is 61.0 Å². The monoisotopic (exact) mass is 296 g/mol. The Hall–Kier alpha value is -1.57. The first kappa shape index (κ1) is 15.8. The molecule has 1 unspecified atom stereocenters. The Balaban J connectivity index is 1.86. The summed E-state index contributed by atoms with van der Waals surface area (Å²) < 4.78 is 13.5. The zero-order chi connectivity index (χ0) is 15.4. The van der Waals surface area contributed by atoms with Crippen molar-refractivity contribution in [2.75, 3.05) is 40.3 Å². The van der Waals surface area contributed by atoms with Gasteiger partial charge in [-0.3, -0.25) is 15.0 Å². The topological polar surface area (TPSA) is 61.6 Å². The number of likely N-dealkylation sites (N-methyl/N-ethyl adjacent to an activating group) is 2. The summed E-state index contributed by atoms with van der Waals surface area (Å²) in [5.74, 6) is -0.784. The van der Waals surface area contributed by atoms with E-state index in [-0.39, 0.29) is 0 Å². The number of nitro groups is 1. The number of halogens is 1. The molecular formula is C14H21FN4O2. The molecule has 0 radical (unpaired) electrons. The van der Waals surface area contributed by atoms with Gasteiger partial charge < -0.3 is 10.2 Å². The highest BCUT2D eigenvalue weighted by Gasteiger charge is 2.21. The van der Waals surface area contributed by atoms with Crippen molar-refractivity contribution >= 4 is 5.69 Å². The molecule has 1 aromatic carbocycles. The van der Waals surface area contributed by atoms with Crippen molar-refractivity contribution in [1.29, 1.82) is 0 Å². The van der Waals surface area contributed by atoms with E-state index in [9.17, 15) is 14.5 Å². The van der Waals surface area contributed by atoms with Crippen LogP contribution in [0.2, 0.25) is 0 Å². The van der Waals surface area contributed by atoms with Gasteiger partial charge in [0.1, 0.15) is 0 Å². The standard InChI is InChI=1S/C14H21FN4O2/c1-17-5-6-18(2)12(10-17)9-16-8-11-3-4-14(19(20)21)13(15)7-11/h3-4,7,12,16H,5-6,8-10H2,1-2H3. The maximum atomic E-state index is 13.5. The molecule has 2 rings (SSSR count). The average molecular weight is 296 g/mol. The number of nitrogens with one attached hydrogen (secondary N) is 1. The molecule has 0 spiro atoms. The van der Waals surface area contributed by atoms with Gasteiger partial charge in [-0.25, -0.2) is 0 Å². The summed E-state index contributed by atoms with van der Waals surface area (Å²) in [6, 6.07) is 4.45. The van der Waals surface area contributed by atoms with Crippen LogP contribution in [0, 0.1) is 15.9 Å². The number of piperazine rings is 1. The van der Waals surface area contributed by atoms with Crippen molar-refractivity contribution in [2.45, 2.75) is 12.6 Å². The van der Waals surface area contributed by atoms with Crippen molar-refractivity contribution < 1.29 is 9.31 Å². The Morgan fingerprint density at radius 2 is 2.19 bits per heavy atom. The van der Waals surface area contributed by atoms with E-state index in [1.807, 2.05) is 0 Å². The van der Waals surface area contributed by atoms with Gasteiger partial charge in [-0.2, -0.15) is 4.39 Å². The predicted octanol–water partition coefficient (Wildman–Crippen LogP) is 1.07. The minimum atomic E-state index is -0.784. The summed E-state index contributed by atoms with van der Waals surface area (Å²) in [6.45, 7) is 4.41. The Labute approximate surface area is 123 Å². The SMILES string of the molecule is CN1CCN(C)C(CNCc2ccc([N+](=O)[O-])c(F)c2)C1. The molecule has 1 aliphatic rings. The molecule has 7 heteroatoms. The van der Waals surface area contributed by atoms with Gasteiger partial charge in [-0.15, -0.1) is 0 Å². The van der Waals surface area contributed by atoms with Crippen molar-refractivity contribution in [3.05, 3.63) is 39.7 Å². The average Bonchev–Trinajstić information content (AvgIpc) is 2.42. The van der Waals surface area contributed by atoms with Crippen molar-refractivity contribution in [1.82, 2.24) is 15.1 Å². The number of hydrogen-bond donors (Lipinski definition) is 1. The van der Waals surface area contributed by atoms with Gasteiger partial charge in [0.25, 0.3) is 0 Å². The molecule has 6 nitrogen and oxygen atoms in total. The second-order valence-electron chi connectivity index (χ2n) is 5.57. The van der Waals surface area contributed by atoms with Gasteiger partial charge >= 0.3 is 5.69 Å². The maximum absolute atomic E-state index is 13.5. The number of hydrogen-bond acceptors (Lipinski definition) is 5. The summed E-state index contributed by atoms with van der Waals surface area (Å²) in [7, 11) is 4.20. The fourth-order valence-corrected chi connectivity index (χ4v) is 2.51.